The number of piperidine rings is 1. The van der Waals surface area contributed by atoms with Gasteiger partial charge in [0.1, 0.15) is 12.6 Å². The highest BCUT2D eigenvalue weighted by Gasteiger charge is 2.32. The molecule has 1 N–H and O–H groups in total. The number of halogens is 4. The minimum Gasteiger partial charge on any atom is -0.383 e. The van der Waals surface area contributed by atoms with E-state index in [1.807, 2.05) is 4.90 Å². The molecule has 1 aliphatic heterocycles. The van der Waals surface area contributed by atoms with Gasteiger partial charge in [0.05, 0.1) is 29.2 Å². The van der Waals surface area contributed by atoms with E-state index in [4.69, 9.17) is 16.3 Å². The Hall–Kier alpha value is -3.57. The molecule has 1 aromatic heterocycles. The highest BCUT2D eigenvalue weighted by Crippen LogP contribution is 2.32. The van der Waals surface area contributed by atoms with Crippen molar-refractivity contribution in [1.82, 2.24) is 14.5 Å². The van der Waals surface area contributed by atoms with Gasteiger partial charge in [-0.2, -0.15) is 13.2 Å². The third-order valence-corrected chi connectivity index (χ3v) is 7.08. The molecule has 0 radical (unpaired) electrons. The highest BCUT2D eigenvalue weighted by atomic mass is 35.5. The number of hydrogen-bond donors (Lipinski definition) is 1. The summed E-state index contributed by atoms with van der Waals surface area (Å²) in [7, 11) is 1.56. The molecule has 0 spiro atoms. The Labute approximate surface area is 235 Å². The lowest BCUT2D eigenvalue weighted by molar-refractivity contribution is -0.140. The minimum atomic E-state index is -4.40. The minimum absolute atomic E-state index is 0.112. The molecule has 1 fully saturated rings. The van der Waals surface area contributed by atoms with E-state index in [0.717, 1.165) is 25.0 Å². The summed E-state index contributed by atoms with van der Waals surface area (Å²) < 4.78 is 45.7. The van der Waals surface area contributed by atoms with Gasteiger partial charge in [-0.25, -0.2) is 4.98 Å². The van der Waals surface area contributed by atoms with Gasteiger partial charge >= 0.3 is 6.18 Å². The van der Waals surface area contributed by atoms with Crippen molar-refractivity contribution in [3.63, 3.8) is 0 Å². The van der Waals surface area contributed by atoms with Crippen LogP contribution in [0.2, 0.25) is 5.02 Å². The van der Waals surface area contributed by atoms with Crippen LogP contribution in [0.4, 0.5) is 24.5 Å². The molecule has 2 heterocycles. The lowest BCUT2D eigenvalue weighted by atomic mass is 10.0. The molecular formula is C28H31ClF3N5O3. The molecule has 40 heavy (non-hydrogen) atoms. The zero-order valence-corrected chi connectivity index (χ0v) is 22.8. The lowest BCUT2D eigenvalue weighted by Gasteiger charge is -2.35. The SMILES string of the molecule is COCCN(Cc1ccc(C(F)(F)F)cc1)c1ccc(NC(=O)[C@H]2CCCCN2C(=O)Cn2ccnc2)cc1Cl. The van der Waals surface area contributed by atoms with Crippen LogP contribution in [0.25, 0.3) is 0 Å². The van der Waals surface area contributed by atoms with Crippen LogP contribution in [-0.2, 0) is 33.6 Å². The van der Waals surface area contributed by atoms with Crippen molar-refractivity contribution in [1.29, 1.82) is 0 Å². The fourth-order valence-corrected chi connectivity index (χ4v) is 5.00. The van der Waals surface area contributed by atoms with Crippen LogP contribution in [0, 0.1) is 0 Å². The average molecular weight is 578 g/mol. The smallest absolute Gasteiger partial charge is 0.383 e. The van der Waals surface area contributed by atoms with E-state index in [2.05, 4.69) is 10.3 Å². The summed E-state index contributed by atoms with van der Waals surface area (Å²) in [5.74, 6) is -0.438. The maximum absolute atomic E-state index is 13.2. The maximum atomic E-state index is 13.2. The summed E-state index contributed by atoms with van der Waals surface area (Å²) in [6.45, 7) is 1.74. The monoisotopic (exact) mass is 577 g/mol. The van der Waals surface area contributed by atoms with E-state index < -0.39 is 17.8 Å². The number of carbonyl (C=O) groups excluding carboxylic acids is 2. The number of hydrogen-bond acceptors (Lipinski definition) is 5. The Bertz CT molecular complexity index is 1290. The molecule has 0 bridgehead atoms. The van der Waals surface area contributed by atoms with Gasteiger partial charge in [-0.1, -0.05) is 23.7 Å². The van der Waals surface area contributed by atoms with Gasteiger partial charge in [-0.3, -0.25) is 9.59 Å². The maximum Gasteiger partial charge on any atom is 0.416 e. The second-order valence-electron chi connectivity index (χ2n) is 9.60. The summed E-state index contributed by atoms with van der Waals surface area (Å²) in [5.41, 5.74) is 1.09. The number of nitrogens with zero attached hydrogens (tertiary/aromatic N) is 4. The Morgan fingerprint density at radius 1 is 1.18 bits per heavy atom. The fourth-order valence-electron chi connectivity index (χ4n) is 4.70. The third-order valence-electron chi connectivity index (χ3n) is 6.78. The van der Waals surface area contributed by atoms with Crippen molar-refractivity contribution in [2.75, 3.05) is 37.0 Å². The summed E-state index contributed by atoms with van der Waals surface area (Å²) in [4.78, 5) is 33.6. The summed E-state index contributed by atoms with van der Waals surface area (Å²) in [5, 5.41) is 3.25. The zero-order valence-electron chi connectivity index (χ0n) is 22.0. The molecule has 2 amide bonds. The molecule has 3 aromatic rings. The highest BCUT2D eigenvalue weighted by molar-refractivity contribution is 6.33. The van der Waals surface area contributed by atoms with E-state index in [1.165, 1.54) is 12.1 Å². The number of ether oxygens (including phenoxy) is 1. The summed E-state index contributed by atoms with van der Waals surface area (Å²) >= 11 is 6.63. The average Bonchev–Trinajstić information content (AvgIpc) is 3.44. The number of imidazole rings is 1. The third kappa shape index (κ3) is 7.54. The largest absolute Gasteiger partial charge is 0.416 e. The second-order valence-corrected chi connectivity index (χ2v) is 10.0. The van der Waals surface area contributed by atoms with Crippen LogP contribution in [-0.4, -0.2) is 59.1 Å². The Morgan fingerprint density at radius 2 is 1.95 bits per heavy atom. The van der Waals surface area contributed by atoms with E-state index in [-0.39, 0.29) is 18.4 Å². The van der Waals surface area contributed by atoms with E-state index in [9.17, 15) is 22.8 Å². The van der Waals surface area contributed by atoms with Gasteiger partial charge < -0.3 is 24.4 Å². The van der Waals surface area contributed by atoms with E-state index in [1.54, 1.807) is 53.5 Å². The number of rotatable bonds is 10. The number of methoxy groups -OCH3 is 1. The van der Waals surface area contributed by atoms with E-state index >= 15 is 0 Å². The van der Waals surface area contributed by atoms with Crippen LogP contribution in [0.15, 0.2) is 61.2 Å². The Kier molecular flexibility index (Phi) is 9.70. The first-order valence-electron chi connectivity index (χ1n) is 12.9. The molecule has 1 saturated heterocycles. The van der Waals surface area contributed by atoms with Gasteiger partial charge in [0, 0.05) is 44.8 Å². The Morgan fingerprint density at radius 3 is 2.60 bits per heavy atom. The first-order chi connectivity index (χ1) is 19.2. The normalized spacial score (nSPS) is 15.6. The number of carbonyl (C=O) groups is 2. The van der Waals surface area contributed by atoms with Crippen LogP contribution in [0.5, 0.6) is 0 Å². The van der Waals surface area contributed by atoms with Gasteiger partial charge in [-0.05, 0) is 55.2 Å². The van der Waals surface area contributed by atoms with Crippen molar-refractivity contribution >= 4 is 34.8 Å². The van der Waals surface area contributed by atoms with Gasteiger partial charge in [0.2, 0.25) is 11.8 Å². The number of aromatic nitrogens is 2. The number of alkyl halides is 3. The molecule has 0 aliphatic carbocycles. The van der Waals surface area contributed by atoms with Gasteiger partial charge in [-0.15, -0.1) is 0 Å². The molecule has 0 unspecified atom stereocenters. The fraction of sp³-hybridized carbons (Fsp3) is 0.393. The quantitative estimate of drug-likeness (QED) is 0.357. The lowest BCUT2D eigenvalue weighted by Crippen LogP contribution is -2.50. The van der Waals surface area contributed by atoms with Gasteiger partial charge in [0.15, 0.2) is 0 Å². The van der Waals surface area contributed by atoms with Crippen LogP contribution in [0.3, 0.4) is 0 Å². The number of benzene rings is 2. The second kappa shape index (κ2) is 13.2. The van der Waals surface area contributed by atoms with Crippen LogP contribution in [0.1, 0.15) is 30.4 Å². The van der Waals surface area contributed by atoms with Crippen molar-refractivity contribution < 1.29 is 27.5 Å². The molecule has 1 aliphatic rings. The molecular weight excluding hydrogens is 547 g/mol. The molecule has 12 heteroatoms. The van der Waals surface area contributed by atoms with Crippen molar-refractivity contribution in [3.8, 4) is 0 Å². The molecule has 0 saturated carbocycles. The molecule has 4 rings (SSSR count). The number of likely N-dealkylation sites (tertiary alicyclic amines) is 1. The molecule has 214 valence electrons. The standard InChI is InChI=1S/C28H31ClF3N5O3/c1-40-15-14-36(17-20-5-7-21(8-6-20)28(30,31)32)24-10-9-22(16-23(24)29)34-27(39)25-4-2-3-12-37(25)26(38)18-35-13-11-33-19-35/h5-11,13,16,19,25H,2-4,12,14-15,17-18H2,1H3,(H,34,39)/t25-/m1/s1. The number of nitrogens with one attached hydrogen (secondary N) is 1. The number of amides is 2. The van der Waals surface area contributed by atoms with Crippen molar-refractivity contribution in [2.45, 2.75) is 44.6 Å². The number of anilines is 2. The van der Waals surface area contributed by atoms with Crippen molar-refractivity contribution in [3.05, 3.63) is 77.3 Å². The van der Waals surface area contributed by atoms with E-state index in [0.29, 0.717) is 54.6 Å². The molecule has 2 aromatic carbocycles. The first-order valence-corrected chi connectivity index (χ1v) is 13.3. The van der Waals surface area contributed by atoms with Crippen molar-refractivity contribution in [2.24, 2.45) is 0 Å². The summed E-state index contributed by atoms with van der Waals surface area (Å²) in [6.07, 6.45) is 2.69. The zero-order chi connectivity index (χ0) is 28.7. The topological polar surface area (TPSA) is 79.7 Å². The molecule has 1 atom stereocenters. The predicted octanol–water partition coefficient (Wildman–Crippen LogP) is 5.23. The predicted molar refractivity (Wildman–Crippen MR) is 146 cm³/mol. The van der Waals surface area contributed by atoms with Crippen LogP contribution >= 0.6 is 11.6 Å². The first kappa shape index (κ1) is 29.4. The summed E-state index contributed by atoms with van der Waals surface area (Å²) in [6, 6.07) is 9.48. The molecule has 8 nitrogen and oxygen atoms in total. The van der Waals surface area contributed by atoms with Crippen LogP contribution < -0.4 is 10.2 Å². The van der Waals surface area contributed by atoms with Gasteiger partial charge in [0.25, 0.3) is 0 Å². The Balaban J connectivity index is 1.45.